The van der Waals surface area contributed by atoms with Gasteiger partial charge in [-0.2, -0.15) is 0 Å². The van der Waals surface area contributed by atoms with E-state index >= 15 is 0 Å². The fourth-order valence-corrected chi connectivity index (χ4v) is 1.00. The molecule has 0 radical (unpaired) electrons. The normalized spacial score (nSPS) is 16.9. The summed E-state index contributed by atoms with van der Waals surface area (Å²) in [5.74, 6) is 0. The van der Waals surface area contributed by atoms with Crippen LogP contribution >= 0.6 is 0 Å². The third-order valence-electron chi connectivity index (χ3n) is 1.74. The molecule has 15 heavy (non-hydrogen) atoms. The second-order valence-electron chi connectivity index (χ2n) is 3.03. The smallest absolute Gasteiger partial charge is 0.0119 e. The maximum Gasteiger partial charge on any atom is 0.0119 e. The van der Waals surface area contributed by atoms with Crippen LogP contribution in [0.3, 0.4) is 0 Å². The summed E-state index contributed by atoms with van der Waals surface area (Å²) in [5.41, 5.74) is 6.42. The molecule has 0 spiro atoms. The van der Waals surface area contributed by atoms with E-state index in [4.69, 9.17) is 5.73 Å². The van der Waals surface area contributed by atoms with Crippen molar-refractivity contribution < 1.29 is 0 Å². The van der Waals surface area contributed by atoms with Gasteiger partial charge in [0.1, 0.15) is 0 Å². The van der Waals surface area contributed by atoms with Crippen molar-refractivity contribution in [1.29, 1.82) is 0 Å². The van der Waals surface area contributed by atoms with Crippen molar-refractivity contribution in [2.24, 2.45) is 5.73 Å². The van der Waals surface area contributed by atoms with Crippen LogP contribution in [0.1, 0.15) is 6.42 Å². The molecule has 1 aliphatic heterocycles. The monoisotopic (exact) mass is 200 g/mol. The predicted octanol–water partition coefficient (Wildman–Crippen LogP) is 2.52. The molecule has 1 aliphatic carbocycles. The molecule has 2 heteroatoms. The largest absolute Gasteiger partial charge is 0.402 e. The molecule has 0 atom stereocenters. The predicted molar refractivity (Wildman–Crippen MR) is 65.7 cm³/mol. The Morgan fingerprint density at radius 2 is 1.53 bits per heavy atom. The number of nitrogens with one attached hydrogen (secondary N) is 1. The average molecular weight is 200 g/mol. The summed E-state index contributed by atoms with van der Waals surface area (Å²) in [4.78, 5) is 0. The standard InChI is InChI=1S/C7H9N.C6H7N/c8-7-5-3-1-2-4-6-7;1-2-4-6-7-5-3-1/h1-5H,6,8H2;1-7H. The number of rotatable bonds is 0. The van der Waals surface area contributed by atoms with Gasteiger partial charge in [0.05, 0.1) is 0 Å². The number of hydrogen-bond acceptors (Lipinski definition) is 2. The highest BCUT2D eigenvalue weighted by atomic mass is 14.8. The number of hydrogen-bond donors (Lipinski definition) is 2. The van der Waals surface area contributed by atoms with Crippen LogP contribution in [-0.4, -0.2) is 0 Å². The van der Waals surface area contributed by atoms with E-state index in [1.165, 1.54) is 0 Å². The third kappa shape index (κ3) is 6.16. The molecule has 2 nitrogen and oxygen atoms in total. The minimum Gasteiger partial charge on any atom is -0.402 e. The Hall–Kier alpha value is -1.96. The Morgan fingerprint density at radius 1 is 0.867 bits per heavy atom. The van der Waals surface area contributed by atoms with E-state index in [-0.39, 0.29) is 0 Å². The summed E-state index contributed by atoms with van der Waals surface area (Å²) in [6.07, 6.45) is 22.3. The molecule has 0 aromatic carbocycles. The van der Waals surface area contributed by atoms with Crippen LogP contribution in [0.5, 0.6) is 0 Å². The van der Waals surface area contributed by atoms with Crippen molar-refractivity contribution in [3.8, 4) is 0 Å². The van der Waals surface area contributed by atoms with E-state index < -0.39 is 0 Å². The van der Waals surface area contributed by atoms with Gasteiger partial charge in [0.15, 0.2) is 0 Å². The third-order valence-corrected chi connectivity index (χ3v) is 1.74. The lowest BCUT2D eigenvalue weighted by molar-refractivity contribution is 1.17. The molecular weight excluding hydrogens is 184 g/mol. The van der Waals surface area contributed by atoms with Gasteiger partial charge >= 0.3 is 0 Å². The quantitative estimate of drug-likeness (QED) is 0.630. The van der Waals surface area contributed by atoms with Crippen LogP contribution in [0.15, 0.2) is 72.8 Å². The van der Waals surface area contributed by atoms with Crippen LogP contribution < -0.4 is 11.1 Å². The molecule has 3 N–H and O–H groups in total. The van der Waals surface area contributed by atoms with Crippen molar-refractivity contribution in [2.45, 2.75) is 6.42 Å². The van der Waals surface area contributed by atoms with E-state index in [2.05, 4.69) is 5.32 Å². The minimum absolute atomic E-state index is 0.882. The van der Waals surface area contributed by atoms with Gasteiger partial charge in [-0.25, -0.2) is 0 Å². The highest BCUT2D eigenvalue weighted by Gasteiger charge is 1.83. The average Bonchev–Trinajstić information content (AvgIpc) is 2.64. The maximum atomic E-state index is 5.49. The van der Waals surface area contributed by atoms with E-state index in [9.17, 15) is 0 Å². The molecule has 1 heterocycles. The van der Waals surface area contributed by atoms with Crippen LogP contribution in [0.2, 0.25) is 0 Å². The molecule has 2 aliphatic rings. The van der Waals surface area contributed by atoms with Crippen LogP contribution in [-0.2, 0) is 0 Å². The molecule has 0 amide bonds. The Labute approximate surface area is 90.9 Å². The second-order valence-corrected chi connectivity index (χ2v) is 3.03. The SMILES string of the molecule is C1=CC=CNC=C1.NC1=CC=CC=CC1. The summed E-state index contributed by atoms with van der Waals surface area (Å²) >= 11 is 0. The first kappa shape index (κ1) is 11.1. The first-order chi connectivity index (χ1) is 7.39. The topological polar surface area (TPSA) is 38.0 Å². The maximum absolute atomic E-state index is 5.49. The van der Waals surface area contributed by atoms with Crippen molar-refractivity contribution in [2.75, 3.05) is 0 Å². The Morgan fingerprint density at radius 3 is 2.27 bits per heavy atom. The van der Waals surface area contributed by atoms with Crippen LogP contribution in [0.4, 0.5) is 0 Å². The van der Waals surface area contributed by atoms with Crippen molar-refractivity contribution >= 4 is 0 Å². The van der Waals surface area contributed by atoms with Gasteiger partial charge < -0.3 is 11.1 Å². The zero-order chi connectivity index (χ0) is 10.8. The zero-order valence-electron chi connectivity index (χ0n) is 8.64. The lowest BCUT2D eigenvalue weighted by atomic mass is 10.3. The summed E-state index contributed by atoms with van der Waals surface area (Å²) in [5, 5.41) is 2.92. The lowest BCUT2D eigenvalue weighted by Crippen LogP contribution is -1.92. The molecular formula is C13H16N2. The van der Waals surface area contributed by atoms with Gasteiger partial charge in [0.2, 0.25) is 0 Å². The van der Waals surface area contributed by atoms with Crippen molar-refractivity contribution in [1.82, 2.24) is 5.32 Å². The summed E-state index contributed by atoms with van der Waals surface area (Å²) in [6, 6.07) is 0. The molecule has 78 valence electrons. The highest BCUT2D eigenvalue weighted by Crippen LogP contribution is 1.98. The Balaban J connectivity index is 0.000000151. The van der Waals surface area contributed by atoms with Gasteiger partial charge in [-0.3, -0.25) is 0 Å². The van der Waals surface area contributed by atoms with Gasteiger partial charge in [-0.1, -0.05) is 36.5 Å². The van der Waals surface area contributed by atoms with E-state index in [1.54, 1.807) is 0 Å². The van der Waals surface area contributed by atoms with Crippen molar-refractivity contribution in [3.63, 3.8) is 0 Å². The van der Waals surface area contributed by atoms with Gasteiger partial charge in [-0.05, 0) is 18.2 Å². The minimum atomic E-state index is 0.882. The van der Waals surface area contributed by atoms with E-state index in [0.29, 0.717) is 0 Å². The highest BCUT2D eigenvalue weighted by molar-refractivity contribution is 5.21. The van der Waals surface area contributed by atoms with Gasteiger partial charge in [0, 0.05) is 24.5 Å². The Bertz CT molecular complexity index is 328. The fourth-order valence-electron chi connectivity index (χ4n) is 1.00. The first-order valence-electron chi connectivity index (χ1n) is 4.92. The Kier molecular flexibility index (Phi) is 5.52. The van der Waals surface area contributed by atoms with Crippen LogP contribution in [0, 0.1) is 0 Å². The van der Waals surface area contributed by atoms with Gasteiger partial charge in [0.25, 0.3) is 0 Å². The molecule has 0 fully saturated rings. The van der Waals surface area contributed by atoms with E-state index in [0.717, 1.165) is 12.1 Å². The van der Waals surface area contributed by atoms with Gasteiger partial charge in [-0.15, -0.1) is 0 Å². The number of allylic oxidation sites excluding steroid dienone is 9. The summed E-state index contributed by atoms with van der Waals surface area (Å²) < 4.78 is 0. The number of nitrogens with two attached hydrogens (primary N) is 1. The first-order valence-corrected chi connectivity index (χ1v) is 4.92. The van der Waals surface area contributed by atoms with E-state index in [1.807, 2.05) is 67.1 Å². The van der Waals surface area contributed by atoms with Crippen LogP contribution in [0.25, 0.3) is 0 Å². The molecule has 0 unspecified atom stereocenters. The molecule has 0 bridgehead atoms. The molecule has 2 rings (SSSR count). The second kappa shape index (κ2) is 7.44. The summed E-state index contributed by atoms with van der Waals surface area (Å²) in [6.45, 7) is 0. The van der Waals surface area contributed by atoms with Crippen molar-refractivity contribution in [3.05, 3.63) is 72.8 Å². The fraction of sp³-hybridized carbons (Fsp3) is 0.0769. The molecule has 0 saturated heterocycles. The lowest BCUT2D eigenvalue weighted by Gasteiger charge is -1.87. The zero-order valence-corrected chi connectivity index (χ0v) is 8.64. The molecule has 0 saturated carbocycles. The molecule has 0 aromatic heterocycles. The summed E-state index contributed by atoms with van der Waals surface area (Å²) in [7, 11) is 0. The molecule has 0 aromatic rings.